The summed E-state index contributed by atoms with van der Waals surface area (Å²) in [5.41, 5.74) is 3.38. The van der Waals surface area contributed by atoms with Crippen molar-refractivity contribution < 1.29 is 9.47 Å². The molecule has 0 aromatic heterocycles. The highest BCUT2D eigenvalue weighted by molar-refractivity contribution is 6.32. The van der Waals surface area contributed by atoms with Gasteiger partial charge in [0.1, 0.15) is 6.61 Å². The van der Waals surface area contributed by atoms with Crippen LogP contribution in [0, 0.1) is 0 Å². The first-order valence-electron chi connectivity index (χ1n) is 8.99. The average molecular weight is 382 g/mol. The highest BCUT2D eigenvalue weighted by Crippen LogP contribution is 2.37. The van der Waals surface area contributed by atoms with Crippen molar-refractivity contribution in [2.45, 2.75) is 26.1 Å². The Hall–Kier alpha value is -2.49. The van der Waals surface area contributed by atoms with E-state index in [1.54, 1.807) is 7.11 Å². The van der Waals surface area contributed by atoms with Gasteiger partial charge in [0.15, 0.2) is 11.5 Å². The van der Waals surface area contributed by atoms with Gasteiger partial charge in [-0.2, -0.15) is 0 Å². The van der Waals surface area contributed by atoms with Gasteiger partial charge < -0.3 is 14.8 Å². The van der Waals surface area contributed by atoms with Gasteiger partial charge in [-0.1, -0.05) is 72.3 Å². The molecular weight excluding hydrogens is 358 g/mol. The molecular formula is C23H24ClNO2. The first-order chi connectivity index (χ1) is 13.2. The number of nitrogens with one attached hydrogen (secondary N) is 1. The molecule has 0 aliphatic heterocycles. The van der Waals surface area contributed by atoms with E-state index in [9.17, 15) is 0 Å². The summed E-state index contributed by atoms with van der Waals surface area (Å²) in [4.78, 5) is 0. The third-order valence-electron chi connectivity index (χ3n) is 4.43. The monoisotopic (exact) mass is 381 g/mol. The van der Waals surface area contributed by atoms with Crippen LogP contribution in [0.15, 0.2) is 72.8 Å². The molecule has 1 atom stereocenters. The molecule has 0 fully saturated rings. The molecule has 3 aromatic carbocycles. The van der Waals surface area contributed by atoms with Crippen LogP contribution in [0.3, 0.4) is 0 Å². The lowest BCUT2D eigenvalue weighted by Gasteiger charge is -2.17. The van der Waals surface area contributed by atoms with Gasteiger partial charge in [-0.05, 0) is 35.7 Å². The standard InChI is InChI=1S/C23H24ClNO2/c1-17(20-11-7-4-8-12-20)25-15-19-13-21(24)23(22(14-19)26-2)27-16-18-9-5-3-6-10-18/h3-14,17,25H,15-16H2,1-2H3. The summed E-state index contributed by atoms with van der Waals surface area (Å²) < 4.78 is 11.4. The smallest absolute Gasteiger partial charge is 0.180 e. The van der Waals surface area contributed by atoms with Gasteiger partial charge in [-0.25, -0.2) is 0 Å². The Kier molecular flexibility index (Phi) is 6.74. The topological polar surface area (TPSA) is 30.5 Å². The van der Waals surface area contributed by atoms with E-state index in [-0.39, 0.29) is 6.04 Å². The van der Waals surface area contributed by atoms with E-state index in [0.717, 1.165) is 11.1 Å². The first-order valence-corrected chi connectivity index (χ1v) is 9.36. The lowest BCUT2D eigenvalue weighted by Crippen LogP contribution is -2.18. The van der Waals surface area contributed by atoms with Crippen LogP contribution >= 0.6 is 11.6 Å². The summed E-state index contributed by atoms with van der Waals surface area (Å²) in [5, 5.41) is 4.07. The van der Waals surface area contributed by atoms with Crippen molar-refractivity contribution in [1.29, 1.82) is 0 Å². The molecule has 27 heavy (non-hydrogen) atoms. The lowest BCUT2D eigenvalue weighted by atomic mass is 10.1. The predicted octanol–water partition coefficient (Wildman–Crippen LogP) is 5.78. The Morgan fingerprint density at radius 2 is 1.59 bits per heavy atom. The fourth-order valence-corrected chi connectivity index (χ4v) is 3.16. The van der Waals surface area contributed by atoms with Gasteiger partial charge in [0.05, 0.1) is 12.1 Å². The summed E-state index contributed by atoms with van der Waals surface area (Å²) >= 11 is 6.48. The molecule has 0 aliphatic carbocycles. The highest BCUT2D eigenvalue weighted by atomic mass is 35.5. The minimum atomic E-state index is 0.241. The van der Waals surface area contributed by atoms with E-state index in [2.05, 4.69) is 24.4 Å². The van der Waals surface area contributed by atoms with Crippen LogP contribution < -0.4 is 14.8 Å². The maximum atomic E-state index is 6.48. The lowest BCUT2D eigenvalue weighted by molar-refractivity contribution is 0.284. The summed E-state index contributed by atoms with van der Waals surface area (Å²) in [6, 6.07) is 24.5. The van der Waals surface area contributed by atoms with E-state index in [0.29, 0.717) is 29.7 Å². The molecule has 3 rings (SSSR count). The van der Waals surface area contributed by atoms with Crippen LogP contribution in [0.4, 0.5) is 0 Å². The van der Waals surface area contributed by atoms with Gasteiger partial charge in [0, 0.05) is 12.6 Å². The average Bonchev–Trinajstić information content (AvgIpc) is 2.72. The number of methoxy groups -OCH3 is 1. The Bertz CT molecular complexity index is 853. The third kappa shape index (κ3) is 5.25. The molecule has 0 bridgehead atoms. The molecule has 140 valence electrons. The SMILES string of the molecule is COc1cc(CNC(C)c2ccccc2)cc(Cl)c1OCc1ccccc1. The van der Waals surface area contributed by atoms with Crippen molar-refractivity contribution in [3.63, 3.8) is 0 Å². The van der Waals surface area contributed by atoms with Crippen molar-refractivity contribution >= 4 is 11.6 Å². The molecule has 3 aromatic rings. The van der Waals surface area contributed by atoms with E-state index in [4.69, 9.17) is 21.1 Å². The van der Waals surface area contributed by atoms with Gasteiger partial charge >= 0.3 is 0 Å². The normalized spacial score (nSPS) is 11.8. The second-order valence-corrected chi connectivity index (χ2v) is 6.80. The molecule has 0 aliphatic rings. The van der Waals surface area contributed by atoms with E-state index in [1.807, 2.05) is 60.7 Å². The number of hydrogen-bond acceptors (Lipinski definition) is 3. The number of halogens is 1. The first kappa shape index (κ1) is 19.3. The van der Waals surface area contributed by atoms with Crippen molar-refractivity contribution in [2.75, 3.05) is 7.11 Å². The maximum Gasteiger partial charge on any atom is 0.180 e. The highest BCUT2D eigenvalue weighted by Gasteiger charge is 2.13. The zero-order valence-electron chi connectivity index (χ0n) is 15.6. The summed E-state index contributed by atoms with van der Waals surface area (Å²) in [6.45, 7) is 3.27. The third-order valence-corrected chi connectivity index (χ3v) is 4.71. The van der Waals surface area contributed by atoms with Crippen LogP contribution in [0.5, 0.6) is 11.5 Å². The Morgan fingerprint density at radius 1 is 0.926 bits per heavy atom. The molecule has 0 heterocycles. The predicted molar refractivity (Wildman–Crippen MR) is 110 cm³/mol. The zero-order chi connectivity index (χ0) is 19.1. The number of rotatable bonds is 8. The molecule has 0 radical (unpaired) electrons. The summed E-state index contributed by atoms with van der Waals surface area (Å²) in [5.74, 6) is 1.21. The summed E-state index contributed by atoms with van der Waals surface area (Å²) in [7, 11) is 1.63. The Balaban J connectivity index is 1.68. The van der Waals surface area contributed by atoms with Crippen LogP contribution in [0.2, 0.25) is 5.02 Å². The quantitative estimate of drug-likeness (QED) is 0.536. The number of hydrogen-bond donors (Lipinski definition) is 1. The molecule has 1 N–H and O–H groups in total. The fourth-order valence-electron chi connectivity index (χ4n) is 2.88. The molecule has 4 heteroatoms. The zero-order valence-corrected chi connectivity index (χ0v) is 16.4. The van der Waals surface area contributed by atoms with E-state index >= 15 is 0 Å². The van der Waals surface area contributed by atoms with E-state index in [1.165, 1.54) is 5.56 Å². The summed E-state index contributed by atoms with van der Waals surface area (Å²) in [6.07, 6.45) is 0. The largest absolute Gasteiger partial charge is 0.493 e. The number of benzene rings is 3. The van der Waals surface area contributed by atoms with Gasteiger partial charge in [-0.3, -0.25) is 0 Å². The molecule has 0 saturated carbocycles. The Labute approximate surface area is 165 Å². The van der Waals surface area contributed by atoms with Crippen LogP contribution in [-0.2, 0) is 13.2 Å². The molecule has 1 unspecified atom stereocenters. The van der Waals surface area contributed by atoms with Crippen LogP contribution in [-0.4, -0.2) is 7.11 Å². The number of ether oxygens (including phenoxy) is 2. The van der Waals surface area contributed by atoms with E-state index < -0.39 is 0 Å². The minimum absolute atomic E-state index is 0.241. The van der Waals surface area contributed by atoms with Crippen molar-refractivity contribution in [3.8, 4) is 11.5 Å². The Morgan fingerprint density at radius 3 is 2.26 bits per heavy atom. The molecule has 3 nitrogen and oxygen atoms in total. The van der Waals surface area contributed by atoms with Crippen molar-refractivity contribution in [2.24, 2.45) is 0 Å². The second-order valence-electron chi connectivity index (χ2n) is 6.40. The van der Waals surface area contributed by atoms with Crippen molar-refractivity contribution in [3.05, 3.63) is 94.5 Å². The molecule has 0 spiro atoms. The maximum absolute atomic E-state index is 6.48. The van der Waals surface area contributed by atoms with Crippen LogP contribution in [0.1, 0.15) is 29.7 Å². The van der Waals surface area contributed by atoms with Crippen LogP contribution in [0.25, 0.3) is 0 Å². The fraction of sp³-hybridized carbons (Fsp3) is 0.217. The molecule has 0 saturated heterocycles. The van der Waals surface area contributed by atoms with Gasteiger partial charge in [-0.15, -0.1) is 0 Å². The van der Waals surface area contributed by atoms with Crippen molar-refractivity contribution in [1.82, 2.24) is 5.32 Å². The second kappa shape index (κ2) is 9.45. The van der Waals surface area contributed by atoms with Gasteiger partial charge in [0.25, 0.3) is 0 Å². The van der Waals surface area contributed by atoms with Gasteiger partial charge in [0.2, 0.25) is 0 Å². The molecule has 0 amide bonds. The minimum Gasteiger partial charge on any atom is -0.493 e.